The summed E-state index contributed by atoms with van der Waals surface area (Å²) in [6.07, 6.45) is 0. The van der Waals surface area contributed by atoms with E-state index in [-0.39, 0.29) is 5.75 Å². The van der Waals surface area contributed by atoms with Gasteiger partial charge in [0.05, 0.1) is 18.2 Å². The van der Waals surface area contributed by atoms with Crippen LogP contribution in [0.2, 0.25) is 0 Å². The molecule has 0 aliphatic rings. The molecule has 0 atom stereocenters. The number of anilines is 1. The second-order valence-corrected chi connectivity index (χ2v) is 6.33. The molecule has 0 aliphatic heterocycles. The quantitative estimate of drug-likeness (QED) is 0.475. The van der Waals surface area contributed by atoms with E-state index in [1.165, 1.54) is 7.11 Å². The Morgan fingerprint density at radius 3 is 2.57 bits per heavy atom. The largest absolute Gasteiger partial charge is 0.504 e. The SMILES string of the molecule is CNc1oc(-c2cccc3ccccc23)c(O)c1-c1cccc(C(=O)OC)c1. The summed E-state index contributed by atoms with van der Waals surface area (Å²) in [5.41, 5.74) is 2.34. The lowest BCUT2D eigenvalue weighted by Gasteiger charge is -2.05. The molecule has 5 nitrogen and oxygen atoms in total. The number of aromatic hydroxyl groups is 1. The molecule has 0 unspecified atom stereocenters. The zero-order chi connectivity index (χ0) is 19.7. The van der Waals surface area contributed by atoms with Crippen molar-refractivity contribution in [3.05, 3.63) is 72.3 Å². The number of fused-ring (bicyclic) bond motifs is 1. The van der Waals surface area contributed by atoms with Gasteiger partial charge in [-0.2, -0.15) is 0 Å². The average Bonchev–Trinajstić information content (AvgIpc) is 3.09. The fourth-order valence-corrected chi connectivity index (χ4v) is 3.39. The first kappa shape index (κ1) is 17.7. The Morgan fingerprint density at radius 1 is 1.04 bits per heavy atom. The van der Waals surface area contributed by atoms with Crippen LogP contribution < -0.4 is 5.32 Å². The van der Waals surface area contributed by atoms with Gasteiger partial charge < -0.3 is 19.6 Å². The van der Waals surface area contributed by atoms with Crippen LogP contribution in [0.3, 0.4) is 0 Å². The highest BCUT2D eigenvalue weighted by Gasteiger charge is 2.23. The van der Waals surface area contributed by atoms with Crippen molar-refractivity contribution in [2.75, 3.05) is 19.5 Å². The van der Waals surface area contributed by atoms with E-state index < -0.39 is 5.97 Å². The van der Waals surface area contributed by atoms with Crippen LogP contribution in [0.15, 0.2) is 71.1 Å². The molecule has 0 fully saturated rings. The number of carbonyl (C=O) groups excluding carboxylic acids is 1. The van der Waals surface area contributed by atoms with Crippen LogP contribution in [0.5, 0.6) is 5.75 Å². The Bertz CT molecular complexity index is 1170. The Kier molecular flexibility index (Phi) is 4.49. The van der Waals surface area contributed by atoms with Gasteiger partial charge in [0.2, 0.25) is 5.88 Å². The molecule has 0 amide bonds. The molecular weight excluding hydrogens is 354 g/mol. The second-order valence-electron chi connectivity index (χ2n) is 6.33. The van der Waals surface area contributed by atoms with E-state index in [4.69, 9.17) is 9.15 Å². The summed E-state index contributed by atoms with van der Waals surface area (Å²) in [5.74, 6) is 0.370. The van der Waals surface area contributed by atoms with Crippen LogP contribution in [0.25, 0.3) is 33.2 Å². The van der Waals surface area contributed by atoms with E-state index in [2.05, 4.69) is 5.32 Å². The first-order valence-electron chi connectivity index (χ1n) is 8.84. The van der Waals surface area contributed by atoms with E-state index in [0.717, 1.165) is 16.3 Å². The van der Waals surface area contributed by atoms with Crippen molar-refractivity contribution in [1.29, 1.82) is 0 Å². The number of benzene rings is 3. The van der Waals surface area contributed by atoms with Crippen molar-refractivity contribution >= 4 is 22.6 Å². The molecule has 0 radical (unpaired) electrons. The summed E-state index contributed by atoms with van der Waals surface area (Å²) < 4.78 is 10.8. The van der Waals surface area contributed by atoms with E-state index in [0.29, 0.717) is 28.3 Å². The Labute approximate surface area is 162 Å². The number of esters is 1. The topological polar surface area (TPSA) is 71.7 Å². The van der Waals surface area contributed by atoms with E-state index in [1.54, 1.807) is 25.2 Å². The fraction of sp³-hybridized carbons (Fsp3) is 0.0870. The van der Waals surface area contributed by atoms with Crippen molar-refractivity contribution in [3.8, 4) is 28.2 Å². The van der Waals surface area contributed by atoms with Gasteiger partial charge in [0, 0.05) is 12.6 Å². The standard InChI is InChI=1S/C23H19NO4/c1-24-22-19(15-9-5-10-16(13-15)23(26)27-2)20(25)21(28-22)18-12-6-8-14-7-3-4-11-17(14)18/h3-13,24-25H,1-2H3. The third kappa shape index (κ3) is 2.87. The van der Waals surface area contributed by atoms with E-state index >= 15 is 0 Å². The van der Waals surface area contributed by atoms with Crippen molar-refractivity contribution in [2.45, 2.75) is 0 Å². The summed E-state index contributed by atoms with van der Waals surface area (Å²) in [6, 6.07) is 20.7. The third-order valence-corrected chi connectivity index (χ3v) is 4.72. The van der Waals surface area contributed by atoms with E-state index in [9.17, 15) is 9.90 Å². The molecule has 4 rings (SSSR count). The molecule has 0 saturated heterocycles. The minimum atomic E-state index is -0.440. The molecular formula is C23H19NO4. The van der Waals surface area contributed by atoms with Crippen molar-refractivity contribution < 1.29 is 19.1 Å². The molecule has 0 aliphatic carbocycles. The monoisotopic (exact) mass is 373 g/mol. The minimum Gasteiger partial charge on any atom is -0.504 e. The summed E-state index contributed by atoms with van der Waals surface area (Å²) >= 11 is 0. The summed E-state index contributed by atoms with van der Waals surface area (Å²) in [6.45, 7) is 0. The summed E-state index contributed by atoms with van der Waals surface area (Å²) in [5, 5.41) is 16.1. The normalized spacial score (nSPS) is 10.8. The molecule has 28 heavy (non-hydrogen) atoms. The van der Waals surface area contributed by atoms with Gasteiger partial charge in [-0.1, -0.05) is 54.6 Å². The number of methoxy groups -OCH3 is 1. The van der Waals surface area contributed by atoms with Gasteiger partial charge in [-0.25, -0.2) is 4.79 Å². The molecule has 1 aromatic heterocycles. The number of nitrogens with one attached hydrogen (secondary N) is 1. The van der Waals surface area contributed by atoms with Gasteiger partial charge in [0.15, 0.2) is 11.5 Å². The van der Waals surface area contributed by atoms with Crippen LogP contribution in [0, 0.1) is 0 Å². The third-order valence-electron chi connectivity index (χ3n) is 4.72. The lowest BCUT2D eigenvalue weighted by molar-refractivity contribution is 0.0601. The first-order chi connectivity index (χ1) is 13.6. The zero-order valence-corrected chi connectivity index (χ0v) is 15.5. The predicted octanol–water partition coefficient (Wildman–Crippen LogP) is 5.30. The second kappa shape index (κ2) is 7.12. The maximum atomic E-state index is 11.9. The molecule has 0 saturated carbocycles. The van der Waals surface area contributed by atoms with Gasteiger partial charge >= 0.3 is 5.97 Å². The Hall–Kier alpha value is -3.73. The number of ether oxygens (including phenoxy) is 1. The van der Waals surface area contributed by atoms with Crippen molar-refractivity contribution in [1.82, 2.24) is 0 Å². The molecule has 3 aromatic carbocycles. The number of rotatable bonds is 4. The number of carbonyl (C=O) groups is 1. The average molecular weight is 373 g/mol. The molecule has 0 spiro atoms. The fourth-order valence-electron chi connectivity index (χ4n) is 3.39. The highest BCUT2D eigenvalue weighted by Crippen LogP contribution is 2.47. The number of hydrogen-bond acceptors (Lipinski definition) is 5. The maximum Gasteiger partial charge on any atom is 0.337 e. The van der Waals surface area contributed by atoms with Gasteiger partial charge in [-0.05, 0) is 28.5 Å². The smallest absolute Gasteiger partial charge is 0.337 e. The highest BCUT2D eigenvalue weighted by molar-refractivity contribution is 6.00. The van der Waals surface area contributed by atoms with Crippen molar-refractivity contribution in [3.63, 3.8) is 0 Å². The van der Waals surface area contributed by atoms with Crippen LogP contribution in [0.1, 0.15) is 10.4 Å². The lowest BCUT2D eigenvalue weighted by atomic mass is 9.99. The summed E-state index contributed by atoms with van der Waals surface area (Å²) in [7, 11) is 3.06. The lowest BCUT2D eigenvalue weighted by Crippen LogP contribution is -2.00. The molecule has 1 heterocycles. The van der Waals surface area contributed by atoms with Gasteiger partial charge in [-0.3, -0.25) is 0 Å². The first-order valence-corrected chi connectivity index (χ1v) is 8.84. The number of furan rings is 1. The zero-order valence-electron chi connectivity index (χ0n) is 15.5. The summed E-state index contributed by atoms with van der Waals surface area (Å²) in [4.78, 5) is 11.9. The minimum absolute atomic E-state index is 0.0164. The predicted molar refractivity (Wildman–Crippen MR) is 110 cm³/mol. The van der Waals surface area contributed by atoms with Crippen LogP contribution in [-0.2, 0) is 4.74 Å². The van der Waals surface area contributed by atoms with Crippen molar-refractivity contribution in [2.24, 2.45) is 0 Å². The Morgan fingerprint density at radius 2 is 1.79 bits per heavy atom. The van der Waals surface area contributed by atoms with Gasteiger partial charge in [-0.15, -0.1) is 0 Å². The maximum absolute atomic E-state index is 11.9. The number of hydrogen-bond donors (Lipinski definition) is 2. The van der Waals surface area contributed by atoms with Gasteiger partial charge in [0.25, 0.3) is 0 Å². The molecule has 0 bridgehead atoms. The van der Waals surface area contributed by atoms with Crippen LogP contribution in [0.4, 0.5) is 5.88 Å². The molecule has 4 aromatic rings. The Balaban J connectivity index is 1.92. The van der Waals surface area contributed by atoms with E-state index in [1.807, 2.05) is 48.5 Å². The van der Waals surface area contributed by atoms with Crippen LogP contribution >= 0.6 is 0 Å². The highest BCUT2D eigenvalue weighted by atomic mass is 16.5. The molecule has 2 N–H and O–H groups in total. The van der Waals surface area contributed by atoms with Gasteiger partial charge in [0.1, 0.15) is 0 Å². The molecule has 140 valence electrons. The van der Waals surface area contributed by atoms with Crippen LogP contribution in [-0.4, -0.2) is 25.2 Å². The molecule has 5 heteroatoms.